The monoisotopic (exact) mass is 403 g/mol. The van der Waals surface area contributed by atoms with E-state index in [9.17, 15) is 0 Å². The molecule has 5 rings (SSSR count). The van der Waals surface area contributed by atoms with Gasteiger partial charge in [0.15, 0.2) is 0 Å². The molecular weight excluding hydrogens is 382 g/mol. The van der Waals surface area contributed by atoms with Crippen molar-refractivity contribution < 1.29 is 4.52 Å². The Morgan fingerprint density at radius 3 is 1.77 bits per heavy atom. The van der Waals surface area contributed by atoms with Crippen molar-refractivity contribution in [2.24, 2.45) is 0 Å². The van der Waals surface area contributed by atoms with Crippen LogP contribution in [0.5, 0.6) is 0 Å². The van der Waals surface area contributed by atoms with E-state index in [1.54, 1.807) is 0 Å². The van der Waals surface area contributed by atoms with Crippen molar-refractivity contribution in [2.75, 3.05) is 4.90 Å². The fraction of sp³-hybridized carbons (Fsp3) is 0.0370. The molecule has 0 unspecified atom stereocenters. The van der Waals surface area contributed by atoms with Crippen molar-refractivity contribution >= 4 is 17.1 Å². The molecular formula is C27H21N3O. The molecule has 4 heteroatoms. The number of aryl methyl sites for hydroxylation is 1. The van der Waals surface area contributed by atoms with Crippen molar-refractivity contribution in [3.8, 4) is 22.8 Å². The van der Waals surface area contributed by atoms with E-state index in [0.29, 0.717) is 11.7 Å². The molecule has 31 heavy (non-hydrogen) atoms. The maximum absolute atomic E-state index is 5.51. The maximum atomic E-state index is 5.51. The van der Waals surface area contributed by atoms with Crippen molar-refractivity contribution in [3.05, 3.63) is 115 Å². The largest absolute Gasteiger partial charge is 0.334 e. The number of aromatic nitrogens is 2. The Labute approximate surface area is 181 Å². The SMILES string of the molecule is Cc1ccc(N(c2ccccc2)c2ccc(-c3nc(-c4ccccc4)no3)cc2)cc1. The predicted molar refractivity (Wildman–Crippen MR) is 125 cm³/mol. The van der Waals surface area contributed by atoms with Crippen molar-refractivity contribution in [1.29, 1.82) is 0 Å². The van der Waals surface area contributed by atoms with Crippen molar-refractivity contribution in [2.45, 2.75) is 6.92 Å². The lowest BCUT2D eigenvalue weighted by atomic mass is 10.1. The molecule has 0 aliphatic rings. The number of benzene rings is 4. The standard InChI is InChI=1S/C27H21N3O/c1-20-12-16-24(17-13-20)30(23-10-6-3-7-11-23)25-18-14-22(15-19-25)27-28-26(29-31-27)21-8-4-2-5-9-21/h2-19H,1H3. The van der Waals surface area contributed by atoms with Gasteiger partial charge in [-0.3, -0.25) is 0 Å². The molecule has 0 saturated carbocycles. The Balaban J connectivity index is 1.48. The van der Waals surface area contributed by atoms with Gasteiger partial charge in [0.05, 0.1) is 0 Å². The summed E-state index contributed by atoms with van der Waals surface area (Å²) in [6, 6.07) is 36.9. The molecule has 1 aromatic heterocycles. The first kappa shape index (κ1) is 18.8. The van der Waals surface area contributed by atoms with Crippen LogP contribution in [-0.4, -0.2) is 10.1 Å². The van der Waals surface area contributed by atoms with Crippen LogP contribution in [0, 0.1) is 6.92 Å². The van der Waals surface area contributed by atoms with Crippen LogP contribution in [0.15, 0.2) is 114 Å². The summed E-state index contributed by atoms with van der Waals surface area (Å²) in [6.45, 7) is 2.10. The van der Waals surface area contributed by atoms with Gasteiger partial charge in [0.1, 0.15) is 0 Å². The van der Waals surface area contributed by atoms with Crippen LogP contribution in [0.4, 0.5) is 17.1 Å². The van der Waals surface area contributed by atoms with Crippen LogP contribution in [-0.2, 0) is 0 Å². The fourth-order valence-corrected chi connectivity index (χ4v) is 3.52. The second kappa shape index (κ2) is 8.28. The zero-order valence-corrected chi connectivity index (χ0v) is 17.1. The highest BCUT2D eigenvalue weighted by Crippen LogP contribution is 2.35. The molecule has 0 aliphatic heterocycles. The first-order valence-corrected chi connectivity index (χ1v) is 10.2. The van der Waals surface area contributed by atoms with Gasteiger partial charge in [0, 0.05) is 28.2 Å². The first-order chi connectivity index (χ1) is 15.3. The molecule has 1 heterocycles. The summed E-state index contributed by atoms with van der Waals surface area (Å²) in [5.74, 6) is 1.09. The number of para-hydroxylation sites is 1. The summed E-state index contributed by atoms with van der Waals surface area (Å²) < 4.78 is 5.51. The average Bonchev–Trinajstić information content (AvgIpc) is 3.33. The van der Waals surface area contributed by atoms with Gasteiger partial charge in [0.2, 0.25) is 5.82 Å². The Hall–Kier alpha value is -4.18. The van der Waals surface area contributed by atoms with Gasteiger partial charge >= 0.3 is 0 Å². The van der Waals surface area contributed by atoms with Crippen LogP contribution >= 0.6 is 0 Å². The van der Waals surface area contributed by atoms with Crippen LogP contribution in [0.3, 0.4) is 0 Å². The molecule has 0 fully saturated rings. The van der Waals surface area contributed by atoms with E-state index in [4.69, 9.17) is 4.52 Å². The Bertz CT molecular complexity index is 1260. The second-order valence-corrected chi connectivity index (χ2v) is 7.34. The van der Waals surface area contributed by atoms with Gasteiger partial charge in [0.25, 0.3) is 5.89 Å². The molecule has 0 amide bonds. The molecule has 0 radical (unpaired) electrons. The summed E-state index contributed by atoms with van der Waals surface area (Å²) in [7, 11) is 0. The van der Waals surface area contributed by atoms with Gasteiger partial charge in [-0.15, -0.1) is 0 Å². The summed E-state index contributed by atoms with van der Waals surface area (Å²) in [5.41, 5.74) is 6.32. The molecule has 0 N–H and O–H groups in total. The fourth-order valence-electron chi connectivity index (χ4n) is 3.52. The van der Waals surface area contributed by atoms with Crippen LogP contribution in [0.1, 0.15) is 5.56 Å². The topological polar surface area (TPSA) is 42.2 Å². The number of hydrogen-bond donors (Lipinski definition) is 0. The molecule has 0 atom stereocenters. The smallest absolute Gasteiger partial charge is 0.258 e. The van der Waals surface area contributed by atoms with E-state index in [-0.39, 0.29) is 0 Å². The summed E-state index contributed by atoms with van der Waals surface area (Å²) in [6.07, 6.45) is 0. The van der Waals surface area contributed by atoms with Crippen LogP contribution < -0.4 is 4.90 Å². The molecule has 0 spiro atoms. The first-order valence-electron chi connectivity index (χ1n) is 10.2. The molecule has 5 aromatic rings. The summed E-state index contributed by atoms with van der Waals surface area (Å²) >= 11 is 0. The summed E-state index contributed by atoms with van der Waals surface area (Å²) in [4.78, 5) is 6.79. The van der Waals surface area contributed by atoms with Gasteiger partial charge in [-0.1, -0.05) is 71.4 Å². The van der Waals surface area contributed by atoms with E-state index >= 15 is 0 Å². The Morgan fingerprint density at radius 1 is 0.581 bits per heavy atom. The van der Waals surface area contributed by atoms with E-state index < -0.39 is 0 Å². The van der Waals surface area contributed by atoms with Crippen molar-refractivity contribution in [3.63, 3.8) is 0 Å². The third-order valence-electron chi connectivity index (χ3n) is 5.14. The molecule has 4 nitrogen and oxygen atoms in total. The highest BCUT2D eigenvalue weighted by Gasteiger charge is 2.14. The number of nitrogens with zero attached hydrogens (tertiary/aromatic N) is 3. The van der Waals surface area contributed by atoms with E-state index in [1.165, 1.54) is 5.56 Å². The van der Waals surface area contributed by atoms with E-state index in [2.05, 4.69) is 82.6 Å². The average molecular weight is 403 g/mol. The minimum absolute atomic E-state index is 0.506. The Kier molecular flexibility index (Phi) is 5.03. The molecule has 0 bridgehead atoms. The third kappa shape index (κ3) is 3.96. The predicted octanol–water partition coefficient (Wildman–Crippen LogP) is 7.18. The minimum atomic E-state index is 0.506. The highest BCUT2D eigenvalue weighted by molar-refractivity contribution is 5.77. The van der Waals surface area contributed by atoms with Crippen molar-refractivity contribution in [1.82, 2.24) is 10.1 Å². The molecule has 150 valence electrons. The zero-order valence-electron chi connectivity index (χ0n) is 17.1. The quantitative estimate of drug-likeness (QED) is 0.312. The molecule has 4 aromatic carbocycles. The lowest BCUT2D eigenvalue weighted by molar-refractivity contribution is 0.432. The van der Waals surface area contributed by atoms with Crippen LogP contribution in [0.2, 0.25) is 0 Å². The molecule has 0 saturated heterocycles. The Morgan fingerprint density at radius 2 is 1.13 bits per heavy atom. The second-order valence-electron chi connectivity index (χ2n) is 7.34. The zero-order chi connectivity index (χ0) is 21.0. The van der Waals surface area contributed by atoms with Gasteiger partial charge in [-0.05, 0) is 55.5 Å². The lowest BCUT2D eigenvalue weighted by Gasteiger charge is -2.25. The normalized spacial score (nSPS) is 10.7. The number of hydrogen-bond acceptors (Lipinski definition) is 4. The number of rotatable bonds is 5. The summed E-state index contributed by atoms with van der Waals surface area (Å²) in [5, 5.41) is 4.13. The van der Waals surface area contributed by atoms with E-state index in [0.717, 1.165) is 28.2 Å². The third-order valence-corrected chi connectivity index (χ3v) is 5.14. The van der Waals surface area contributed by atoms with Gasteiger partial charge in [-0.2, -0.15) is 4.98 Å². The lowest BCUT2D eigenvalue weighted by Crippen LogP contribution is -2.09. The maximum Gasteiger partial charge on any atom is 0.258 e. The van der Waals surface area contributed by atoms with Crippen LogP contribution in [0.25, 0.3) is 22.8 Å². The van der Waals surface area contributed by atoms with E-state index in [1.807, 2.05) is 48.5 Å². The van der Waals surface area contributed by atoms with Gasteiger partial charge < -0.3 is 9.42 Å². The number of anilines is 3. The minimum Gasteiger partial charge on any atom is -0.334 e. The van der Waals surface area contributed by atoms with Gasteiger partial charge in [-0.25, -0.2) is 0 Å². The highest BCUT2D eigenvalue weighted by atomic mass is 16.5. The molecule has 0 aliphatic carbocycles.